The highest BCUT2D eigenvalue weighted by atomic mass is 127. The minimum atomic E-state index is -0.439. The van der Waals surface area contributed by atoms with Gasteiger partial charge in [0.1, 0.15) is 11.6 Å². The molecule has 4 N–H and O–H groups in total. The Morgan fingerprint density at radius 2 is 1.35 bits per heavy atom. The van der Waals surface area contributed by atoms with Crippen molar-refractivity contribution in [2.45, 2.75) is 14.4 Å². The molecule has 20 heavy (non-hydrogen) atoms. The molecule has 112 valence electrons. The van der Waals surface area contributed by atoms with Crippen molar-refractivity contribution < 1.29 is 8.78 Å². The third kappa shape index (κ3) is 6.91. The summed E-state index contributed by atoms with van der Waals surface area (Å²) in [6, 6.07) is 8.58. The summed E-state index contributed by atoms with van der Waals surface area (Å²) >= 11 is 5.36. The molecule has 0 saturated carbocycles. The Morgan fingerprint density at radius 1 is 0.900 bits per heavy atom. The molecule has 0 spiro atoms. The highest BCUT2D eigenvalue weighted by Gasteiger charge is 1.96. The molecule has 0 bridgehead atoms. The van der Waals surface area contributed by atoms with E-state index in [2.05, 4.69) is 0 Å². The van der Waals surface area contributed by atoms with Crippen LogP contribution in [-0.2, 0) is 0 Å². The van der Waals surface area contributed by atoms with E-state index in [9.17, 15) is 8.78 Å². The number of halogens is 4. The third-order valence-electron chi connectivity index (χ3n) is 2.13. The van der Waals surface area contributed by atoms with Crippen molar-refractivity contribution in [2.24, 2.45) is 0 Å². The number of hydrogen-bond acceptors (Lipinski definition) is 2. The van der Waals surface area contributed by atoms with Gasteiger partial charge in [-0.25, -0.2) is 8.78 Å². The summed E-state index contributed by atoms with van der Waals surface area (Å²) in [5, 5.41) is 0.0648. The first-order chi connectivity index (χ1) is 8.40. The number of nitrogen functional groups attached to an aromatic ring is 2. The Morgan fingerprint density at radius 3 is 1.70 bits per heavy atom. The summed E-state index contributed by atoms with van der Waals surface area (Å²) in [7, 11) is 0. The lowest BCUT2D eigenvalue weighted by Crippen LogP contribution is -1.87. The van der Waals surface area contributed by atoms with Gasteiger partial charge in [0, 0.05) is 11.4 Å². The average Bonchev–Trinajstić information content (AvgIpc) is 2.30. The Kier molecular flexibility index (Phi) is 10.4. The van der Waals surface area contributed by atoms with E-state index in [-0.39, 0.29) is 42.2 Å². The van der Waals surface area contributed by atoms with Crippen molar-refractivity contribution in [3.63, 3.8) is 0 Å². The fraction of sp³-hybridized carbons (Fsp3) is 0.143. The van der Waals surface area contributed by atoms with Gasteiger partial charge in [-0.2, -0.15) is 0 Å². The highest BCUT2D eigenvalue weighted by Crippen LogP contribution is 2.16. The summed E-state index contributed by atoms with van der Waals surface area (Å²) < 4.78 is 24.8. The lowest BCUT2D eigenvalue weighted by atomic mass is 10.2. The molecule has 0 radical (unpaired) electrons. The number of aryl methyl sites for hydroxylation is 1. The first-order valence-corrected chi connectivity index (χ1v) is 5.50. The van der Waals surface area contributed by atoms with E-state index in [1.807, 2.05) is 0 Å². The molecule has 6 heteroatoms. The van der Waals surface area contributed by atoms with Crippen LogP contribution in [0.25, 0.3) is 0 Å². The standard InChI is InChI=1S/C7H8FN.C6H5ClFN.CH4.HI/c1-5-4-6(9)2-3-7(5)8;7-5-3-4(9)1-2-6(5)8;;/h2-4H,9H2,1H3;1-3H,9H2;1H4;1H. The summed E-state index contributed by atoms with van der Waals surface area (Å²) in [4.78, 5) is 0. The summed E-state index contributed by atoms with van der Waals surface area (Å²) in [6.07, 6.45) is 0. The zero-order valence-corrected chi connectivity index (χ0v) is 13.2. The minimum Gasteiger partial charge on any atom is -0.399 e. The van der Waals surface area contributed by atoms with E-state index < -0.39 is 5.82 Å². The molecule has 0 aliphatic heterocycles. The van der Waals surface area contributed by atoms with Gasteiger partial charge in [0.05, 0.1) is 5.02 Å². The van der Waals surface area contributed by atoms with Crippen molar-refractivity contribution in [1.29, 1.82) is 0 Å². The quantitative estimate of drug-likeness (QED) is 0.469. The number of nitrogens with two attached hydrogens (primary N) is 2. The second-order valence-electron chi connectivity index (χ2n) is 3.68. The number of hydrogen-bond donors (Lipinski definition) is 2. The zero-order chi connectivity index (χ0) is 13.7. The molecular formula is C14H18ClF2IN2. The van der Waals surface area contributed by atoms with Crippen LogP contribution in [0.3, 0.4) is 0 Å². The smallest absolute Gasteiger partial charge is 0.141 e. The molecule has 0 heterocycles. The van der Waals surface area contributed by atoms with Crippen molar-refractivity contribution in [3.05, 3.63) is 58.6 Å². The van der Waals surface area contributed by atoms with E-state index in [4.69, 9.17) is 23.1 Å². The van der Waals surface area contributed by atoms with E-state index >= 15 is 0 Å². The Hall–Kier alpha value is -1.08. The lowest BCUT2D eigenvalue weighted by Gasteiger charge is -1.95. The molecule has 2 aromatic carbocycles. The fourth-order valence-electron chi connectivity index (χ4n) is 1.18. The highest BCUT2D eigenvalue weighted by molar-refractivity contribution is 14.0. The summed E-state index contributed by atoms with van der Waals surface area (Å²) in [5.41, 5.74) is 12.3. The van der Waals surface area contributed by atoms with Crippen LogP contribution >= 0.6 is 35.6 Å². The second kappa shape index (κ2) is 9.77. The molecule has 2 rings (SSSR count). The first-order valence-electron chi connectivity index (χ1n) is 5.12. The van der Waals surface area contributed by atoms with Crippen molar-refractivity contribution >= 4 is 47.0 Å². The van der Waals surface area contributed by atoms with Gasteiger partial charge in [0.25, 0.3) is 0 Å². The third-order valence-corrected chi connectivity index (χ3v) is 2.42. The van der Waals surface area contributed by atoms with Gasteiger partial charge in [-0.05, 0) is 48.9 Å². The SMILES string of the molecule is C.Cc1cc(N)ccc1F.I.Nc1ccc(F)c(Cl)c1. The van der Waals surface area contributed by atoms with Gasteiger partial charge < -0.3 is 11.5 Å². The Balaban J connectivity index is 0. The van der Waals surface area contributed by atoms with Crippen molar-refractivity contribution in [2.75, 3.05) is 11.5 Å². The molecule has 0 aliphatic rings. The fourth-order valence-corrected chi connectivity index (χ4v) is 1.37. The van der Waals surface area contributed by atoms with Gasteiger partial charge in [-0.3, -0.25) is 0 Å². The largest absolute Gasteiger partial charge is 0.399 e. The van der Waals surface area contributed by atoms with Crippen LogP contribution < -0.4 is 11.5 Å². The minimum absolute atomic E-state index is 0. The first kappa shape index (κ1) is 21.2. The van der Waals surface area contributed by atoms with Gasteiger partial charge in [0.15, 0.2) is 0 Å². The molecule has 2 aromatic rings. The predicted molar refractivity (Wildman–Crippen MR) is 93.5 cm³/mol. The van der Waals surface area contributed by atoms with Crippen LogP contribution in [-0.4, -0.2) is 0 Å². The molecule has 0 unspecified atom stereocenters. The van der Waals surface area contributed by atoms with Crippen LogP contribution in [0.2, 0.25) is 5.02 Å². The maximum atomic E-state index is 12.4. The second-order valence-corrected chi connectivity index (χ2v) is 4.09. The maximum absolute atomic E-state index is 12.4. The maximum Gasteiger partial charge on any atom is 0.141 e. The summed E-state index contributed by atoms with van der Waals surface area (Å²) in [5.74, 6) is -0.643. The van der Waals surface area contributed by atoms with Crippen LogP contribution in [0.5, 0.6) is 0 Å². The van der Waals surface area contributed by atoms with Gasteiger partial charge in [-0.1, -0.05) is 19.0 Å². The zero-order valence-electron chi connectivity index (χ0n) is 10.2. The molecule has 2 nitrogen and oxygen atoms in total. The Bertz CT molecular complexity index is 501. The molecule has 0 fully saturated rings. The molecule has 0 amide bonds. The van der Waals surface area contributed by atoms with Gasteiger partial charge in [-0.15, -0.1) is 24.0 Å². The number of benzene rings is 2. The Labute approximate surface area is 140 Å². The molecule has 0 saturated heterocycles. The van der Waals surface area contributed by atoms with Crippen LogP contribution in [0, 0.1) is 18.6 Å². The predicted octanol–water partition coefficient (Wildman–Crippen LogP) is 5.03. The van der Waals surface area contributed by atoms with E-state index in [1.54, 1.807) is 19.1 Å². The lowest BCUT2D eigenvalue weighted by molar-refractivity contribution is 0.619. The summed E-state index contributed by atoms with van der Waals surface area (Å²) in [6.45, 7) is 1.69. The van der Waals surface area contributed by atoms with Crippen LogP contribution in [0.1, 0.15) is 13.0 Å². The van der Waals surface area contributed by atoms with Gasteiger partial charge in [0.2, 0.25) is 0 Å². The van der Waals surface area contributed by atoms with Crippen LogP contribution in [0.15, 0.2) is 36.4 Å². The average molecular weight is 415 g/mol. The topological polar surface area (TPSA) is 52.0 Å². The van der Waals surface area contributed by atoms with Crippen molar-refractivity contribution in [3.8, 4) is 0 Å². The van der Waals surface area contributed by atoms with E-state index in [0.29, 0.717) is 16.9 Å². The van der Waals surface area contributed by atoms with Crippen molar-refractivity contribution in [1.82, 2.24) is 0 Å². The van der Waals surface area contributed by atoms with Gasteiger partial charge >= 0.3 is 0 Å². The number of anilines is 2. The molecule has 0 atom stereocenters. The molecule has 0 aliphatic carbocycles. The van der Waals surface area contributed by atoms with E-state index in [0.717, 1.165) is 0 Å². The monoisotopic (exact) mass is 414 g/mol. The van der Waals surface area contributed by atoms with E-state index in [1.165, 1.54) is 24.3 Å². The molecule has 0 aromatic heterocycles. The normalized spacial score (nSPS) is 8.60. The molecular weight excluding hydrogens is 397 g/mol. The number of rotatable bonds is 0. The van der Waals surface area contributed by atoms with Crippen LogP contribution in [0.4, 0.5) is 20.2 Å².